The summed E-state index contributed by atoms with van der Waals surface area (Å²) in [6, 6.07) is 11.4. The van der Waals surface area contributed by atoms with Crippen LogP contribution in [0.2, 0.25) is 0 Å². The molecule has 3 rings (SSSR count). The van der Waals surface area contributed by atoms with Crippen molar-refractivity contribution in [3.8, 4) is 11.5 Å². The first-order chi connectivity index (χ1) is 14.9. The minimum absolute atomic E-state index is 0.339. The number of thiocarbonyl (C=S) groups is 1. The van der Waals surface area contributed by atoms with E-state index in [1.54, 1.807) is 56.5 Å². The zero-order chi connectivity index (χ0) is 22.5. The first-order valence-corrected chi connectivity index (χ1v) is 9.78. The number of nitrogens with one attached hydrogen (secondary N) is 3. The Morgan fingerprint density at radius 3 is 2.35 bits per heavy atom. The molecule has 31 heavy (non-hydrogen) atoms. The average Bonchev–Trinajstić information content (AvgIpc) is 2.77. The maximum absolute atomic E-state index is 13.3. The van der Waals surface area contributed by atoms with Crippen molar-refractivity contribution in [1.29, 1.82) is 0 Å². The molecule has 0 unspecified atom stereocenters. The largest absolute Gasteiger partial charge is 0.497 e. The van der Waals surface area contributed by atoms with Crippen LogP contribution < -0.4 is 25.4 Å². The van der Waals surface area contributed by atoms with Gasteiger partial charge in [-0.2, -0.15) is 0 Å². The fourth-order valence-corrected chi connectivity index (χ4v) is 3.55. The smallest absolute Gasteiger partial charge is 0.337 e. The third kappa shape index (κ3) is 4.77. The Morgan fingerprint density at radius 1 is 1.03 bits per heavy atom. The van der Waals surface area contributed by atoms with Gasteiger partial charge in [0.1, 0.15) is 11.5 Å². The van der Waals surface area contributed by atoms with E-state index in [1.807, 2.05) is 0 Å². The summed E-state index contributed by atoms with van der Waals surface area (Å²) in [6.45, 7) is 1.78. The number of hydrogen-bond acceptors (Lipinski definition) is 6. The summed E-state index contributed by atoms with van der Waals surface area (Å²) >= 11 is 5.29. The SMILES string of the molecule is COC(=O)c1ccc([C@H]2NC(=S)NC(C)=C2C(=O)Nc2cc(OC)ccc2OC)cc1. The normalized spacial score (nSPS) is 15.5. The van der Waals surface area contributed by atoms with Crippen LogP contribution in [0.15, 0.2) is 53.7 Å². The molecule has 3 N–H and O–H groups in total. The lowest BCUT2D eigenvalue weighted by molar-refractivity contribution is -0.113. The lowest BCUT2D eigenvalue weighted by atomic mass is 9.94. The molecule has 1 aliphatic heterocycles. The van der Waals surface area contributed by atoms with Crippen LogP contribution in [0, 0.1) is 0 Å². The number of amides is 1. The number of anilines is 1. The molecule has 0 fully saturated rings. The fraction of sp³-hybridized carbons (Fsp3) is 0.227. The lowest BCUT2D eigenvalue weighted by Gasteiger charge is -2.30. The summed E-state index contributed by atoms with van der Waals surface area (Å²) in [7, 11) is 4.39. The number of carbonyl (C=O) groups excluding carboxylic acids is 2. The Balaban J connectivity index is 1.95. The van der Waals surface area contributed by atoms with Gasteiger partial charge >= 0.3 is 5.97 Å². The van der Waals surface area contributed by atoms with Crippen LogP contribution in [-0.2, 0) is 9.53 Å². The van der Waals surface area contributed by atoms with E-state index in [2.05, 4.69) is 16.0 Å². The van der Waals surface area contributed by atoms with Crippen molar-refractivity contribution < 1.29 is 23.8 Å². The van der Waals surface area contributed by atoms with Crippen LogP contribution in [0.1, 0.15) is 28.9 Å². The Kier molecular flexibility index (Phi) is 6.76. The predicted octanol–water partition coefficient (Wildman–Crippen LogP) is 2.92. The number of benzene rings is 2. The van der Waals surface area contributed by atoms with Crippen LogP contribution in [0.4, 0.5) is 5.69 Å². The van der Waals surface area contributed by atoms with Crippen LogP contribution in [0.3, 0.4) is 0 Å². The van der Waals surface area contributed by atoms with E-state index in [-0.39, 0.29) is 5.91 Å². The highest BCUT2D eigenvalue weighted by Gasteiger charge is 2.30. The summed E-state index contributed by atoms with van der Waals surface area (Å²) in [4.78, 5) is 25.0. The zero-order valence-corrected chi connectivity index (χ0v) is 18.4. The van der Waals surface area contributed by atoms with Gasteiger partial charge in [0.25, 0.3) is 5.91 Å². The number of rotatable bonds is 6. The number of ether oxygens (including phenoxy) is 3. The number of hydrogen-bond donors (Lipinski definition) is 3. The van der Waals surface area contributed by atoms with Crippen molar-refractivity contribution in [2.45, 2.75) is 13.0 Å². The topological polar surface area (TPSA) is 97.9 Å². The average molecular weight is 442 g/mol. The third-order valence-electron chi connectivity index (χ3n) is 4.83. The molecule has 0 saturated carbocycles. The van der Waals surface area contributed by atoms with Gasteiger partial charge in [-0.25, -0.2) is 4.79 Å². The molecule has 0 radical (unpaired) electrons. The number of carbonyl (C=O) groups is 2. The molecule has 1 heterocycles. The predicted molar refractivity (Wildman–Crippen MR) is 120 cm³/mol. The second kappa shape index (κ2) is 9.48. The highest BCUT2D eigenvalue weighted by molar-refractivity contribution is 7.80. The number of methoxy groups -OCH3 is 3. The Labute approximate surface area is 185 Å². The highest BCUT2D eigenvalue weighted by atomic mass is 32.1. The standard InChI is InChI=1S/C22H23N3O5S/c1-12-18(20(26)24-16-11-15(28-2)9-10-17(16)29-3)19(25-22(31)23-12)13-5-7-14(8-6-13)21(27)30-4/h5-11,19H,1-4H3,(H,24,26)(H2,23,25,31)/t19-/m1/s1. The molecule has 0 aromatic heterocycles. The van der Waals surface area contributed by atoms with Crippen molar-refractivity contribution in [2.24, 2.45) is 0 Å². The minimum atomic E-state index is -0.517. The van der Waals surface area contributed by atoms with Gasteiger partial charge in [-0.15, -0.1) is 0 Å². The Morgan fingerprint density at radius 2 is 1.74 bits per heavy atom. The van der Waals surface area contributed by atoms with Gasteiger partial charge in [0.05, 0.1) is 44.2 Å². The Hall–Kier alpha value is -3.59. The molecule has 1 amide bonds. The van der Waals surface area contributed by atoms with Crippen LogP contribution >= 0.6 is 12.2 Å². The van der Waals surface area contributed by atoms with E-state index in [1.165, 1.54) is 14.2 Å². The maximum atomic E-state index is 13.3. The maximum Gasteiger partial charge on any atom is 0.337 e. The highest BCUT2D eigenvalue weighted by Crippen LogP contribution is 2.32. The number of allylic oxidation sites excluding steroid dienone is 1. The molecule has 0 saturated heterocycles. The third-order valence-corrected chi connectivity index (χ3v) is 5.05. The van der Waals surface area contributed by atoms with Crippen LogP contribution in [0.25, 0.3) is 0 Å². The van der Waals surface area contributed by atoms with Gasteiger partial charge in [-0.3, -0.25) is 4.79 Å². The summed E-state index contributed by atoms with van der Waals surface area (Å²) < 4.78 is 15.3. The van der Waals surface area contributed by atoms with Gasteiger partial charge in [-0.05, 0) is 49.0 Å². The fourth-order valence-electron chi connectivity index (χ4n) is 3.28. The molecular formula is C22H23N3O5S. The Bertz CT molecular complexity index is 1050. The monoisotopic (exact) mass is 441 g/mol. The minimum Gasteiger partial charge on any atom is -0.497 e. The van der Waals surface area contributed by atoms with Crippen molar-refractivity contribution in [2.75, 3.05) is 26.6 Å². The van der Waals surface area contributed by atoms with Gasteiger partial charge in [0.15, 0.2) is 5.11 Å². The second-order valence-corrected chi connectivity index (χ2v) is 7.11. The van der Waals surface area contributed by atoms with E-state index in [0.29, 0.717) is 39.1 Å². The van der Waals surface area contributed by atoms with Crippen molar-refractivity contribution in [3.05, 3.63) is 64.9 Å². The summed E-state index contributed by atoms with van der Waals surface area (Å²) in [6.07, 6.45) is 0. The molecule has 0 bridgehead atoms. The molecule has 1 atom stereocenters. The van der Waals surface area contributed by atoms with E-state index < -0.39 is 12.0 Å². The van der Waals surface area contributed by atoms with E-state index in [0.717, 1.165) is 5.56 Å². The van der Waals surface area contributed by atoms with Crippen molar-refractivity contribution in [3.63, 3.8) is 0 Å². The molecule has 8 nitrogen and oxygen atoms in total. The zero-order valence-electron chi connectivity index (χ0n) is 17.6. The quantitative estimate of drug-likeness (QED) is 0.465. The second-order valence-electron chi connectivity index (χ2n) is 6.70. The van der Waals surface area contributed by atoms with Gasteiger partial charge in [0, 0.05) is 11.8 Å². The van der Waals surface area contributed by atoms with Gasteiger partial charge in [0.2, 0.25) is 0 Å². The lowest BCUT2D eigenvalue weighted by Crippen LogP contribution is -2.45. The summed E-state index contributed by atoms with van der Waals surface area (Å²) in [5.74, 6) is 0.306. The molecule has 1 aliphatic rings. The summed E-state index contributed by atoms with van der Waals surface area (Å²) in [5.41, 5.74) is 2.71. The number of esters is 1. The van der Waals surface area contributed by atoms with Gasteiger partial charge < -0.3 is 30.2 Å². The van der Waals surface area contributed by atoms with E-state index in [4.69, 9.17) is 26.4 Å². The molecular weight excluding hydrogens is 418 g/mol. The molecule has 0 aliphatic carbocycles. The van der Waals surface area contributed by atoms with Gasteiger partial charge in [-0.1, -0.05) is 12.1 Å². The molecule has 9 heteroatoms. The molecule has 2 aromatic carbocycles. The molecule has 2 aromatic rings. The van der Waals surface area contributed by atoms with E-state index in [9.17, 15) is 9.59 Å². The van der Waals surface area contributed by atoms with Crippen molar-refractivity contribution >= 4 is 34.9 Å². The van der Waals surface area contributed by atoms with Crippen LogP contribution in [0.5, 0.6) is 11.5 Å². The molecule has 162 valence electrons. The van der Waals surface area contributed by atoms with E-state index >= 15 is 0 Å². The first kappa shape index (κ1) is 22.1. The van der Waals surface area contributed by atoms with Crippen LogP contribution in [-0.4, -0.2) is 38.3 Å². The molecule has 0 spiro atoms. The first-order valence-electron chi connectivity index (χ1n) is 9.37. The van der Waals surface area contributed by atoms with Crippen molar-refractivity contribution in [1.82, 2.24) is 10.6 Å². The summed E-state index contributed by atoms with van der Waals surface area (Å²) in [5, 5.41) is 9.41.